The molecule has 0 aliphatic carbocycles. The third kappa shape index (κ3) is 4.53. The molecule has 12 heteroatoms. The number of carbonyl (C=O) groups excluding carboxylic acids is 1. The number of nitrogens with zero attached hydrogens (tertiary/aromatic N) is 4. The zero-order valence-corrected chi connectivity index (χ0v) is 17.7. The number of halogens is 4. The molecule has 0 fully saturated rings. The number of nitrogens with one attached hydrogen (secondary N) is 1. The molecule has 0 atom stereocenters. The highest BCUT2D eigenvalue weighted by molar-refractivity contribution is 6.31. The number of aliphatic imine (C=N–C) groups is 1. The molecule has 0 saturated carbocycles. The van der Waals surface area contributed by atoms with Crippen molar-refractivity contribution in [3.05, 3.63) is 64.9 Å². The first-order valence-corrected chi connectivity index (χ1v) is 10.0. The summed E-state index contributed by atoms with van der Waals surface area (Å²) in [4.78, 5) is 25.8. The molecule has 3 aromatic rings. The number of carbonyl (C=O) groups is 1. The summed E-state index contributed by atoms with van der Waals surface area (Å²) in [6.45, 7) is 0.558. The van der Waals surface area contributed by atoms with E-state index in [0.717, 1.165) is 22.6 Å². The normalized spacial score (nSPS) is 13.4. The van der Waals surface area contributed by atoms with Gasteiger partial charge < -0.3 is 16.8 Å². The summed E-state index contributed by atoms with van der Waals surface area (Å²) in [5, 5.41) is 2.66. The van der Waals surface area contributed by atoms with Crippen LogP contribution in [0.15, 0.2) is 53.8 Å². The van der Waals surface area contributed by atoms with Gasteiger partial charge in [-0.05, 0) is 35.9 Å². The van der Waals surface area contributed by atoms with Crippen molar-refractivity contribution in [3.8, 4) is 0 Å². The molecule has 4 rings (SSSR count). The SMILES string of the molecule is NC(=O)N(c1ccc(C2=Nc3c(N)ncnc3NCC2)cc1)c1ccc(Cl)c(C(F)(F)F)c1. The number of primary amides is 1. The standard InChI is InChI=1S/C21H17ClF3N7O/c22-15-6-5-13(9-14(15)21(23,24)25)32(20(27)33)12-3-1-11(2-4-12)16-7-8-28-19-17(31-16)18(26)29-10-30-19/h1-6,9-10H,7-8H2,(H2,27,33)(H3,26,28,29,30). The van der Waals surface area contributed by atoms with Crippen molar-refractivity contribution in [1.82, 2.24) is 9.97 Å². The van der Waals surface area contributed by atoms with Crippen LogP contribution < -0.4 is 21.7 Å². The molecule has 0 spiro atoms. The molecular formula is C21H17ClF3N7O. The van der Waals surface area contributed by atoms with Gasteiger partial charge in [0.05, 0.1) is 27.7 Å². The minimum absolute atomic E-state index is 0.0677. The van der Waals surface area contributed by atoms with Gasteiger partial charge in [-0.3, -0.25) is 4.90 Å². The minimum atomic E-state index is -4.69. The quantitative estimate of drug-likeness (QED) is 0.498. The lowest BCUT2D eigenvalue weighted by Gasteiger charge is -2.22. The molecule has 0 saturated heterocycles. The van der Waals surface area contributed by atoms with Gasteiger partial charge in [0, 0.05) is 13.0 Å². The van der Waals surface area contributed by atoms with Gasteiger partial charge in [0.2, 0.25) is 0 Å². The lowest BCUT2D eigenvalue weighted by Crippen LogP contribution is -2.31. The summed E-state index contributed by atoms with van der Waals surface area (Å²) < 4.78 is 39.8. The van der Waals surface area contributed by atoms with Gasteiger partial charge in [-0.1, -0.05) is 23.7 Å². The van der Waals surface area contributed by atoms with E-state index in [1.807, 2.05) is 0 Å². The number of fused-ring (bicyclic) bond motifs is 1. The highest BCUT2D eigenvalue weighted by atomic mass is 35.5. The van der Waals surface area contributed by atoms with Crippen LogP contribution in [0.4, 0.5) is 46.7 Å². The number of anilines is 4. The summed E-state index contributed by atoms with van der Waals surface area (Å²) in [6, 6.07) is 8.70. The first-order chi connectivity index (χ1) is 15.6. The predicted octanol–water partition coefficient (Wildman–Crippen LogP) is 4.88. The fraction of sp³-hybridized carbons (Fsp3) is 0.143. The number of amides is 2. The van der Waals surface area contributed by atoms with Crippen molar-refractivity contribution in [2.75, 3.05) is 22.5 Å². The second-order valence-electron chi connectivity index (χ2n) is 7.07. The molecular weight excluding hydrogens is 459 g/mol. The molecule has 0 radical (unpaired) electrons. The highest BCUT2D eigenvalue weighted by Crippen LogP contribution is 2.38. The predicted molar refractivity (Wildman–Crippen MR) is 120 cm³/mol. The Morgan fingerprint density at radius 2 is 1.79 bits per heavy atom. The minimum Gasteiger partial charge on any atom is -0.382 e. The van der Waals surface area contributed by atoms with Crippen molar-refractivity contribution < 1.29 is 18.0 Å². The van der Waals surface area contributed by atoms with Crippen LogP contribution in [0.1, 0.15) is 17.5 Å². The average Bonchev–Trinajstić information content (AvgIpc) is 2.98. The van der Waals surface area contributed by atoms with E-state index in [4.69, 9.17) is 23.1 Å². The number of hydrogen-bond acceptors (Lipinski definition) is 6. The number of aromatic nitrogens is 2. The summed E-state index contributed by atoms with van der Waals surface area (Å²) in [5.74, 6) is 0.754. The van der Waals surface area contributed by atoms with Crippen LogP contribution in [0.25, 0.3) is 0 Å². The smallest absolute Gasteiger partial charge is 0.382 e. The lowest BCUT2D eigenvalue weighted by molar-refractivity contribution is -0.137. The number of rotatable bonds is 3. The number of nitrogen functional groups attached to an aromatic ring is 1. The third-order valence-corrected chi connectivity index (χ3v) is 5.27. The van der Waals surface area contributed by atoms with Crippen LogP contribution >= 0.6 is 11.6 Å². The van der Waals surface area contributed by atoms with Crippen LogP contribution in [0.5, 0.6) is 0 Å². The van der Waals surface area contributed by atoms with Crippen LogP contribution in [0.3, 0.4) is 0 Å². The first kappa shape index (κ1) is 22.3. The zero-order chi connectivity index (χ0) is 23.8. The van der Waals surface area contributed by atoms with Crippen molar-refractivity contribution in [2.45, 2.75) is 12.6 Å². The van der Waals surface area contributed by atoms with Crippen molar-refractivity contribution in [1.29, 1.82) is 0 Å². The van der Waals surface area contributed by atoms with Crippen LogP contribution in [-0.4, -0.2) is 28.3 Å². The van der Waals surface area contributed by atoms with E-state index in [0.29, 0.717) is 30.2 Å². The maximum atomic E-state index is 13.3. The van der Waals surface area contributed by atoms with Gasteiger partial charge in [0.15, 0.2) is 11.6 Å². The highest BCUT2D eigenvalue weighted by Gasteiger charge is 2.34. The molecule has 0 unspecified atom stereocenters. The fourth-order valence-corrected chi connectivity index (χ4v) is 3.63. The van der Waals surface area contributed by atoms with Gasteiger partial charge in [-0.2, -0.15) is 13.2 Å². The number of nitrogens with two attached hydrogens (primary N) is 2. The molecule has 5 N–H and O–H groups in total. The summed E-state index contributed by atoms with van der Waals surface area (Å²) in [6.07, 6.45) is -2.79. The van der Waals surface area contributed by atoms with Crippen molar-refractivity contribution in [2.24, 2.45) is 10.7 Å². The number of alkyl halides is 3. The van der Waals surface area contributed by atoms with Gasteiger partial charge in [-0.25, -0.2) is 19.8 Å². The van der Waals surface area contributed by atoms with Crippen LogP contribution in [0, 0.1) is 0 Å². The third-order valence-electron chi connectivity index (χ3n) is 4.94. The fourth-order valence-electron chi connectivity index (χ4n) is 3.41. The molecule has 8 nitrogen and oxygen atoms in total. The Labute approximate surface area is 191 Å². The average molecular weight is 476 g/mol. The van der Waals surface area contributed by atoms with Crippen LogP contribution in [0.2, 0.25) is 5.02 Å². The molecule has 2 heterocycles. The largest absolute Gasteiger partial charge is 0.417 e. The second-order valence-corrected chi connectivity index (χ2v) is 7.48. The molecule has 2 amide bonds. The van der Waals surface area contributed by atoms with Crippen molar-refractivity contribution in [3.63, 3.8) is 0 Å². The molecule has 1 aliphatic heterocycles. The maximum Gasteiger partial charge on any atom is 0.417 e. The first-order valence-electron chi connectivity index (χ1n) is 9.64. The van der Waals surface area contributed by atoms with Gasteiger partial charge in [0.1, 0.15) is 12.0 Å². The maximum absolute atomic E-state index is 13.3. The van der Waals surface area contributed by atoms with Crippen LogP contribution in [-0.2, 0) is 6.18 Å². The Hall–Kier alpha value is -3.86. The molecule has 0 bridgehead atoms. The Bertz CT molecular complexity index is 1250. The zero-order valence-electron chi connectivity index (χ0n) is 16.9. The van der Waals surface area contributed by atoms with E-state index in [2.05, 4.69) is 20.3 Å². The summed E-state index contributed by atoms with van der Waals surface area (Å²) in [7, 11) is 0. The summed E-state index contributed by atoms with van der Waals surface area (Å²) >= 11 is 5.69. The Kier molecular flexibility index (Phi) is 5.81. The summed E-state index contributed by atoms with van der Waals surface area (Å²) in [5.41, 5.74) is 12.4. The van der Waals surface area contributed by atoms with E-state index in [1.165, 1.54) is 12.4 Å². The molecule has 1 aliphatic rings. The van der Waals surface area contributed by atoms with E-state index >= 15 is 0 Å². The van der Waals surface area contributed by atoms with E-state index < -0.39 is 22.8 Å². The Morgan fingerprint density at radius 1 is 1.09 bits per heavy atom. The second kappa shape index (κ2) is 8.58. The van der Waals surface area contributed by atoms with Gasteiger partial charge in [0.25, 0.3) is 0 Å². The van der Waals surface area contributed by atoms with E-state index in [-0.39, 0.29) is 17.2 Å². The van der Waals surface area contributed by atoms with E-state index in [9.17, 15) is 18.0 Å². The number of urea groups is 1. The molecule has 2 aromatic carbocycles. The molecule has 170 valence electrons. The van der Waals surface area contributed by atoms with E-state index in [1.54, 1.807) is 24.3 Å². The lowest BCUT2D eigenvalue weighted by atomic mass is 10.1. The molecule has 1 aromatic heterocycles. The van der Waals surface area contributed by atoms with Gasteiger partial charge >= 0.3 is 12.2 Å². The monoisotopic (exact) mass is 475 g/mol. The van der Waals surface area contributed by atoms with Crippen molar-refractivity contribution >= 4 is 52.0 Å². The topological polar surface area (TPSA) is 123 Å². The molecule has 33 heavy (non-hydrogen) atoms. The number of hydrogen-bond donors (Lipinski definition) is 3. The Morgan fingerprint density at radius 3 is 2.45 bits per heavy atom. The Balaban J connectivity index is 1.70. The number of benzene rings is 2. The van der Waals surface area contributed by atoms with Gasteiger partial charge in [-0.15, -0.1) is 0 Å².